The number of alkyl halides is 1. The van der Waals surface area contributed by atoms with Crippen LogP contribution in [0.2, 0.25) is 0 Å². The molecule has 3 heterocycles. The number of aromatic nitrogens is 3. The van der Waals surface area contributed by atoms with Gasteiger partial charge >= 0.3 is 5.97 Å². The molecule has 0 radical (unpaired) electrons. The summed E-state index contributed by atoms with van der Waals surface area (Å²) < 4.78 is 6.70. The number of ether oxygens (including phenoxy) is 1. The minimum atomic E-state index is -0.647. The quantitative estimate of drug-likeness (QED) is 0.565. The number of pyridine rings is 1. The Hall–Kier alpha value is -2.19. The van der Waals surface area contributed by atoms with Crippen LogP contribution in [0, 0.1) is 0 Å². The van der Waals surface area contributed by atoms with E-state index in [1.807, 2.05) is 0 Å². The van der Waals surface area contributed by atoms with Crippen LogP contribution in [0.3, 0.4) is 0 Å². The van der Waals surface area contributed by atoms with E-state index in [2.05, 4.69) is 26.8 Å². The number of aryl methyl sites for hydroxylation is 1. The van der Waals surface area contributed by atoms with Gasteiger partial charge in [0.2, 0.25) is 11.4 Å². The van der Waals surface area contributed by atoms with Gasteiger partial charge in [-0.05, 0) is 14.0 Å². The van der Waals surface area contributed by atoms with Crippen LogP contribution in [0.15, 0.2) is 17.2 Å². The monoisotopic (exact) mass is 379 g/mol. The molecule has 8 nitrogen and oxygen atoms in total. The molecule has 1 fully saturated rings. The van der Waals surface area contributed by atoms with Crippen LogP contribution in [0.25, 0.3) is 11.0 Å². The zero-order chi connectivity index (χ0) is 18.7. The van der Waals surface area contributed by atoms with Crippen molar-refractivity contribution < 1.29 is 9.53 Å². The van der Waals surface area contributed by atoms with E-state index < -0.39 is 11.4 Å². The van der Waals surface area contributed by atoms with Crippen molar-refractivity contribution in [2.45, 2.75) is 13.5 Å². The molecule has 9 heteroatoms. The molecule has 0 aliphatic carbocycles. The van der Waals surface area contributed by atoms with Gasteiger partial charge in [0.05, 0.1) is 12.0 Å². The highest BCUT2D eigenvalue weighted by Crippen LogP contribution is 2.16. The van der Waals surface area contributed by atoms with Crippen molar-refractivity contribution in [3.8, 4) is 0 Å². The molecule has 0 saturated carbocycles. The maximum absolute atomic E-state index is 12.7. The maximum Gasteiger partial charge on any atom is 0.343 e. The summed E-state index contributed by atoms with van der Waals surface area (Å²) in [6.45, 7) is 5.82. The minimum absolute atomic E-state index is 0.0274. The lowest BCUT2D eigenvalue weighted by Gasteiger charge is -2.32. The molecule has 0 aromatic carbocycles. The summed E-state index contributed by atoms with van der Waals surface area (Å²) in [4.78, 5) is 38.1. The Morgan fingerprint density at radius 1 is 1.31 bits per heavy atom. The number of nitrogens with zero attached hydrogens (tertiary/aromatic N) is 5. The Kier molecular flexibility index (Phi) is 5.73. The molecule has 3 rings (SSSR count). The van der Waals surface area contributed by atoms with Crippen LogP contribution in [-0.4, -0.2) is 71.1 Å². The van der Waals surface area contributed by atoms with Crippen molar-refractivity contribution in [3.63, 3.8) is 0 Å². The average molecular weight is 380 g/mol. The number of esters is 1. The van der Waals surface area contributed by atoms with Gasteiger partial charge in [-0.2, -0.15) is 4.98 Å². The molecule has 0 spiro atoms. The van der Waals surface area contributed by atoms with E-state index >= 15 is 0 Å². The number of carbonyl (C=O) groups excluding carboxylic acids is 1. The summed E-state index contributed by atoms with van der Waals surface area (Å²) in [6, 6.07) is 0. The van der Waals surface area contributed by atoms with Gasteiger partial charge in [0.25, 0.3) is 0 Å². The fraction of sp³-hybridized carbons (Fsp3) is 0.529. The number of piperazine rings is 1. The second-order valence-electron chi connectivity index (χ2n) is 6.17. The molecule has 1 aliphatic rings. The van der Waals surface area contributed by atoms with Crippen LogP contribution in [0.4, 0.5) is 5.95 Å². The topological polar surface area (TPSA) is 80.6 Å². The average Bonchev–Trinajstić information content (AvgIpc) is 2.64. The molecule has 0 atom stereocenters. The van der Waals surface area contributed by atoms with E-state index in [4.69, 9.17) is 16.3 Å². The van der Waals surface area contributed by atoms with Gasteiger partial charge in [-0.3, -0.25) is 4.79 Å². The van der Waals surface area contributed by atoms with Crippen LogP contribution in [-0.2, 0) is 11.3 Å². The highest BCUT2D eigenvalue weighted by Gasteiger charge is 2.21. The highest BCUT2D eigenvalue weighted by atomic mass is 35.5. The molecule has 2 aromatic rings. The highest BCUT2D eigenvalue weighted by molar-refractivity contribution is 6.17. The standard InChI is InChI=1S/C17H22ClN5O3/c1-3-26-16(25)13-11-23(5-4-18)15-12(14(13)24)10-19-17(20-15)22-8-6-21(2)7-9-22/h10-11H,3-9H2,1-2H3. The van der Waals surface area contributed by atoms with Gasteiger partial charge < -0.3 is 19.1 Å². The Morgan fingerprint density at radius 2 is 2.04 bits per heavy atom. The second kappa shape index (κ2) is 8.01. The first-order chi connectivity index (χ1) is 12.5. The molecular weight excluding hydrogens is 358 g/mol. The van der Waals surface area contributed by atoms with Crippen LogP contribution >= 0.6 is 11.6 Å². The molecule has 2 aromatic heterocycles. The van der Waals surface area contributed by atoms with Gasteiger partial charge in [0.15, 0.2) is 0 Å². The zero-order valence-corrected chi connectivity index (χ0v) is 15.7. The number of rotatable bonds is 5. The fourth-order valence-corrected chi connectivity index (χ4v) is 3.12. The van der Waals surface area contributed by atoms with E-state index in [0.29, 0.717) is 29.4 Å². The summed E-state index contributed by atoms with van der Waals surface area (Å²) in [7, 11) is 2.08. The number of anilines is 1. The second-order valence-corrected chi connectivity index (χ2v) is 6.55. The number of halogens is 1. The van der Waals surface area contributed by atoms with E-state index in [0.717, 1.165) is 26.2 Å². The lowest BCUT2D eigenvalue weighted by Crippen LogP contribution is -2.45. The molecule has 26 heavy (non-hydrogen) atoms. The van der Waals surface area contributed by atoms with Crippen molar-refractivity contribution in [3.05, 3.63) is 28.2 Å². The van der Waals surface area contributed by atoms with E-state index in [-0.39, 0.29) is 12.2 Å². The predicted molar refractivity (Wildman–Crippen MR) is 100 cm³/mol. The van der Waals surface area contributed by atoms with Crippen LogP contribution in [0.5, 0.6) is 0 Å². The number of hydrogen-bond acceptors (Lipinski definition) is 7. The lowest BCUT2D eigenvalue weighted by molar-refractivity contribution is 0.0524. The first kappa shape index (κ1) is 18.6. The van der Waals surface area contributed by atoms with E-state index in [1.54, 1.807) is 11.5 Å². The number of likely N-dealkylation sites (N-methyl/N-ethyl adjacent to an activating group) is 1. The van der Waals surface area contributed by atoms with Gasteiger partial charge in [0.1, 0.15) is 11.2 Å². The summed E-state index contributed by atoms with van der Waals surface area (Å²) >= 11 is 5.90. The van der Waals surface area contributed by atoms with Crippen molar-refractivity contribution in [1.82, 2.24) is 19.4 Å². The van der Waals surface area contributed by atoms with Gasteiger partial charge in [-0.15, -0.1) is 11.6 Å². The predicted octanol–water partition coefficient (Wildman–Crippen LogP) is 0.959. The zero-order valence-electron chi connectivity index (χ0n) is 14.9. The smallest absolute Gasteiger partial charge is 0.343 e. The fourth-order valence-electron chi connectivity index (χ4n) is 2.94. The number of carbonyl (C=O) groups is 1. The minimum Gasteiger partial charge on any atom is -0.462 e. The molecule has 0 unspecified atom stereocenters. The third-order valence-electron chi connectivity index (χ3n) is 4.41. The Balaban J connectivity index is 2.07. The molecule has 0 amide bonds. The van der Waals surface area contributed by atoms with Crippen molar-refractivity contribution >= 4 is 34.6 Å². The summed E-state index contributed by atoms with van der Waals surface area (Å²) in [5.41, 5.74) is 0.0299. The molecule has 0 bridgehead atoms. The van der Waals surface area contributed by atoms with Gasteiger partial charge in [-0.1, -0.05) is 0 Å². The molecule has 0 N–H and O–H groups in total. The van der Waals surface area contributed by atoms with Crippen molar-refractivity contribution in [2.24, 2.45) is 0 Å². The summed E-state index contributed by atoms with van der Waals surface area (Å²) in [5, 5.41) is 0.290. The molecule has 140 valence electrons. The van der Waals surface area contributed by atoms with Crippen molar-refractivity contribution in [1.29, 1.82) is 0 Å². The summed E-state index contributed by atoms with van der Waals surface area (Å²) in [5.74, 6) is 0.261. The third kappa shape index (κ3) is 3.66. The lowest BCUT2D eigenvalue weighted by atomic mass is 10.2. The number of hydrogen-bond donors (Lipinski definition) is 0. The SMILES string of the molecule is CCOC(=O)c1cn(CCCl)c2nc(N3CCN(C)CC3)ncc2c1=O. The Bertz CT molecular complexity index is 861. The first-order valence-corrected chi connectivity index (χ1v) is 9.15. The normalized spacial score (nSPS) is 15.4. The maximum atomic E-state index is 12.7. The van der Waals surface area contributed by atoms with Gasteiger partial charge in [-0.25, -0.2) is 9.78 Å². The molecule has 1 saturated heterocycles. The van der Waals surface area contributed by atoms with Crippen LogP contribution in [0.1, 0.15) is 17.3 Å². The molecular formula is C17H22ClN5O3. The van der Waals surface area contributed by atoms with Crippen LogP contribution < -0.4 is 10.3 Å². The summed E-state index contributed by atoms with van der Waals surface area (Å²) in [6.07, 6.45) is 2.97. The first-order valence-electron chi connectivity index (χ1n) is 8.62. The van der Waals surface area contributed by atoms with E-state index in [1.165, 1.54) is 12.4 Å². The van der Waals surface area contributed by atoms with Gasteiger partial charge in [0, 0.05) is 51.0 Å². The van der Waals surface area contributed by atoms with Crippen molar-refractivity contribution in [2.75, 3.05) is 50.6 Å². The molecule has 1 aliphatic heterocycles. The Labute approximate surface area is 156 Å². The number of fused-ring (bicyclic) bond motifs is 1. The van der Waals surface area contributed by atoms with E-state index in [9.17, 15) is 9.59 Å². The third-order valence-corrected chi connectivity index (χ3v) is 4.58. The largest absolute Gasteiger partial charge is 0.462 e. The Morgan fingerprint density at radius 3 is 2.69 bits per heavy atom.